The Kier molecular flexibility index (Phi) is 21.6. The summed E-state index contributed by atoms with van der Waals surface area (Å²) in [5, 5.41) is 33.9. The molecule has 2 saturated heterocycles. The number of hydrogen-bond acceptors (Lipinski definition) is 13. The van der Waals surface area contributed by atoms with E-state index in [4.69, 9.17) is 23.7 Å². The Morgan fingerprint density at radius 3 is 2.29 bits per heavy atom. The number of aliphatic hydroxyl groups is 3. The number of piperidine rings is 1. The fraction of sp³-hybridized carbons (Fsp3) is 0.750. The largest absolute Gasteiger partial charge is 0.460 e. The zero-order valence-electron chi connectivity index (χ0n) is 41.3. The van der Waals surface area contributed by atoms with Gasteiger partial charge in [-0.15, -0.1) is 0 Å². The smallest absolute Gasteiger partial charge is 0.329 e. The van der Waals surface area contributed by atoms with Crippen LogP contribution in [0.25, 0.3) is 0 Å². The monoisotopic (exact) mass is 928 g/mol. The van der Waals surface area contributed by atoms with Crippen LogP contribution in [0.2, 0.25) is 0 Å². The molecule has 3 heterocycles. The average molecular weight is 928 g/mol. The number of ketones is 3. The first kappa shape index (κ1) is 55.2. The topological polar surface area (TPSA) is 195 Å². The predicted octanol–water partition coefficient (Wildman–Crippen LogP) is 6.57. The van der Waals surface area contributed by atoms with Crippen LogP contribution < -0.4 is 0 Å². The molecule has 0 radical (unpaired) electrons. The molecule has 4 rings (SSSR count). The highest BCUT2D eigenvalue weighted by atomic mass is 16.6. The minimum atomic E-state index is -2.43. The molecular weight excluding hydrogens is 847 g/mol. The van der Waals surface area contributed by atoms with E-state index in [1.807, 2.05) is 65.0 Å². The van der Waals surface area contributed by atoms with Gasteiger partial charge in [0.25, 0.3) is 11.7 Å². The van der Waals surface area contributed by atoms with Crippen LogP contribution in [-0.2, 0) is 47.7 Å². The second kappa shape index (κ2) is 25.8. The lowest BCUT2D eigenvalue weighted by atomic mass is 9.78. The number of amides is 1. The number of hydrogen-bond donors (Lipinski definition) is 3. The summed E-state index contributed by atoms with van der Waals surface area (Å²) in [6.45, 7) is 15.1. The van der Waals surface area contributed by atoms with Crippen LogP contribution in [0.3, 0.4) is 0 Å². The minimum Gasteiger partial charge on any atom is -0.460 e. The van der Waals surface area contributed by atoms with Gasteiger partial charge in [-0.05, 0) is 114 Å². The van der Waals surface area contributed by atoms with E-state index in [9.17, 15) is 39.3 Å². The molecule has 1 aliphatic carbocycles. The van der Waals surface area contributed by atoms with Crippen LogP contribution in [0.5, 0.6) is 0 Å². The number of Topliss-reactive ketones (excluding diaryl/α,β-unsaturated/α-hetero) is 3. The molecule has 372 valence electrons. The Labute approximate surface area is 393 Å². The highest BCUT2D eigenvalue weighted by Gasteiger charge is 2.53. The van der Waals surface area contributed by atoms with E-state index < -0.39 is 83.9 Å². The summed E-state index contributed by atoms with van der Waals surface area (Å²) in [7, 11) is 2.95. The van der Waals surface area contributed by atoms with Crippen LogP contribution in [0.4, 0.5) is 0 Å². The first-order valence-electron chi connectivity index (χ1n) is 24.5. The van der Waals surface area contributed by atoms with Gasteiger partial charge in [-0.1, -0.05) is 71.1 Å². The summed E-state index contributed by atoms with van der Waals surface area (Å²) in [5.41, 5.74) is 1.29. The molecule has 0 aromatic heterocycles. The van der Waals surface area contributed by atoms with Crippen molar-refractivity contribution in [3.8, 4) is 0 Å². The van der Waals surface area contributed by atoms with Crippen LogP contribution in [0, 0.1) is 35.5 Å². The van der Waals surface area contributed by atoms with Crippen LogP contribution in [0.15, 0.2) is 47.6 Å². The third kappa shape index (κ3) is 14.6. The maximum Gasteiger partial charge on any atom is 0.329 e. The Balaban J connectivity index is 1.71. The predicted molar refractivity (Wildman–Crippen MR) is 250 cm³/mol. The number of aliphatic hydroxyl groups excluding tert-OH is 2. The third-order valence-corrected chi connectivity index (χ3v) is 14.6. The van der Waals surface area contributed by atoms with Gasteiger partial charge in [-0.2, -0.15) is 0 Å². The molecule has 4 aliphatic rings. The second-order valence-electron chi connectivity index (χ2n) is 19.8. The number of ether oxygens (including phenoxy) is 5. The van der Waals surface area contributed by atoms with Crippen molar-refractivity contribution in [2.75, 3.05) is 27.4 Å². The molecule has 3 fully saturated rings. The van der Waals surface area contributed by atoms with E-state index in [-0.39, 0.29) is 54.8 Å². The molecule has 3 aliphatic heterocycles. The van der Waals surface area contributed by atoms with Crippen molar-refractivity contribution in [1.82, 2.24) is 4.90 Å². The number of carbonyl (C=O) groups is 5. The Hall–Kier alpha value is -3.37. The van der Waals surface area contributed by atoms with E-state index >= 15 is 0 Å². The number of allylic oxidation sites excluding steroid dienone is 6. The number of fused-ring (bicyclic) bond motifs is 3. The van der Waals surface area contributed by atoms with Gasteiger partial charge in [-0.3, -0.25) is 19.2 Å². The lowest BCUT2D eigenvalue weighted by molar-refractivity contribution is -0.266. The van der Waals surface area contributed by atoms with E-state index in [2.05, 4.69) is 0 Å². The Bertz CT molecular complexity index is 1770. The van der Waals surface area contributed by atoms with E-state index in [1.54, 1.807) is 34.0 Å². The highest BCUT2D eigenvalue weighted by Crippen LogP contribution is 2.38. The third-order valence-electron chi connectivity index (χ3n) is 14.6. The normalized spacial score (nSPS) is 40.0. The van der Waals surface area contributed by atoms with Gasteiger partial charge in [0.2, 0.25) is 5.79 Å². The molecule has 1 saturated carbocycles. The minimum absolute atomic E-state index is 0.0188. The van der Waals surface area contributed by atoms with Crippen molar-refractivity contribution in [3.05, 3.63) is 47.6 Å². The van der Waals surface area contributed by atoms with Crippen LogP contribution >= 0.6 is 0 Å². The first-order valence-corrected chi connectivity index (χ1v) is 24.5. The van der Waals surface area contributed by atoms with Gasteiger partial charge in [-0.25, -0.2) is 4.79 Å². The molecule has 0 spiro atoms. The highest BCUT2D eigenvalue weighted by molar-refractivity contribution is 6.39. The molecule has 66 heavy (non-hydrogen) atoms. The van der Waals surface area contributed by atoms with Crippen LogP contribution in [-0.4, -0.2) is 131 Å². The summed E-state index contributed by atoms with van der Waals surface area (Å²) in [4.78, 5) is 71.9. The molecule has 1 amide bonds. The number of nitrogens with zero attached hydrogens (tertiary/aromatic N) is 1. The zero-order valence-corrected chi connectivity index (χ0v) is 41.3. The quantitative estimate of drug-likeness (QED) is 0.141. The van der Waals surface area contributed by atoms with E-state index in [0.717, 1.165) is 12.0 Å². The van der Waals surface area contributed by atoms with Crippen molar-refractivity contribution in [1.29, 1.82) is 0 Å². The molecule has 14 nitrogen and oxygen atoms in total. The lowest BCUT2D eigenvalue weighted by Gasteiger charge is -2.43. The summed E-state index contributed by atoms with van der Waals surface area (Å²) < 4.78 is 29.7. The van der Waals surface area contributed by atoms with Crippen LogP contribution in [0.1, 0.15) is 132 Å². The summed E-state index contributed by atoms with van der Waals surface area (Å²) >= 11 is 0. The molecular formula is C52H81NO13. The second-order valence-corrected chi connectivity index (χ2v) is 19.8. The fourth-order valence-corrected chi connectivity index (χ4v) is 10.2. The molecule has 0 aromatic carbocycles. The molecule has 3 N–H and O–H groups in total. The van der Waals surface area contributed by atoms with Gasteiger partial charge >= 0.3 is 5.97 Å². The van der Waals surface area contributed by atoms with E-state index in [0.29, 0.717) is 70.0 Å². The van der Waals surface area contributed by atoms with E-state index in [1.165, 1.54) is 12.0 Å². The summed E-state index contributed by atoms with van der Waals surface area (Å²) in [6, 6.07) is -1.14. The first-order chi connectivity index (χ1) is 31.2. The fourth-order valence-electron chi connectivity index (χ4n) is 10.2. The number of cyclic esters (lactones) is 1. The zero-order chi connectivity index (χ0) is 48.9. The van der Waals surface area contributed by atoms with Gasteiger partial charge in [0, 0.05) is 58.0 Å². The SMILES string of the molecule is CCO[C@H]1C[C@@H]2CC[C@@H](C)[C@@](O)(O2)C(=O)C(=O)N2CCCC[C@H]2C(=O)O[C@H]([C@@H](C)C[C@@H]2CC[C@@H](O)[C@H](OC)C2)CC(=O)[C@H](C)/C=C(\C)[C@@H](O)[C@@H](OC)C(=O)[C@H](C)C[C@H](C)/C=C/C=C/C=C/1C. The average Bonchev–Trinajstić information content (AvgIpc) is 3.29. The molecule has 15 atom stereocenters. The molecule has 0 aromatic rings. The van der Waals surface area contributed by atoms with Crippen molar-refractivity contribution < 1.29 is 63.0 Å². The number of carbonyl (C=O) groups excluding carboxylic acids is 5. The maximum absolute atomic E-state index is 14.4. The standard InChI is InChI=1S/C52H81NO13/c1-11-64-43-29-39-22-20-37(8)52(61,66-39)49(58)50(59)53-24-16-15-19-40(53)51(60)65-44(34(5)27-38-21-23-41(54)45(28-38)62-9)30-42(55)33(4)26-36(7)47(57)48(63-10)46(56)35(6)25-31(2)17-13-12-14-18-32(43)3/h12-14,17-18,26,31,33-35,37-41,43-45,47-48,54,57,61H,11,15-16,19-25,27-30H2,1-10H3/b14-12+,17-13+,32-18+,36-26+/t31-,33-,34+,35-,37-,38+,39+,40+,41-,43+,44+,45-,47-,48+,52-/m1/s1. The summed E-state index contributed by atoms with van der Waals surface area (Å²) in [6.07, 6.45) is 11.3. The maximum atomic E-state index is 14.4. The number of methoxy groups -OCH3 is 2. The van der Waals surface area contributed by atoms with Gasteiger partial charge in [0.05, 0.1) is 24.4 Å². The molecule has 0 unspecified atom stereocenters. The van der Waals surface area contributed by atoms with Crippen molar-refractivity contribution in [2.45, 2.75) is 187 Å². The lowest BCUT2D eigenvalue weighted by Crippen LogP contribution is -2.61. The van der Waals surface area contributed by atoms with Crippen molar-refractivity contribution >= 4 is 29.2 Å². The van der Waals surface area contributed by atoms with Gasteiger partial charge in [0.1, 0.15) is 30.1 Å². The number of esters is 1. The van der Waals surface area contributed by atoms with Crippen molar-refractivity contribution in [2.24, 2.45) is 35.5 Å². The molecule has 14 heteroatoms. The summed E-state index contributed by atoms with van der Waals surface area (Å²) in [5.74, 6) is -7.95. The Morgan fingerprint density at radius 1 is 0.879 bits per heavy atom. The van der Waals surface area contributed by atoms with Crippen molar-refractivity contribution in [3.63, 3.8) is 0 Å². The Morgan fingerprint density at radius 2 is 1.61 bits per heavy atom. The number of rotatable bonds is 7. The van der Waals surface area contributed by atoms with Gasteiger partial charge < -0.3 is 43.9 Å². The molecule has 2 bridgehead atoms. The van der Waals surface area contributed by atoms with Gasteiger partial charge in [0.15, 0.2) is 5.78 Å².